The lowest BCUT2D eigenvalue weighted by molar-refractivity contribution is -0.149. The number of carbonyl (C=O) groups excluding carboxylic acids is 2. The number of hydrazine groups is 1. The largest absolute Gasteiger partial charge is 0.497 e. The molecule has 1 saturated carbocycles. The second-order valence-corrected chi connectivity index (χ2v) is 5.84. The lowest BCUT2D eigenvalue weighted by atomic mass is 9.79. The maximum atomic E-state index is 12.1. The van der Waals surface area contributed by atoms with Crippen molar-refractivity contribution in [1.82, 2.24) is 10.9 Å². The Morgan fingerprint density at radius 1 is 1.04 bits per heavy atom. The van der Waals surface area contributed by atoms with Gasteiger partial charge < -0.3 is 14.6 Å². The van der Waals surface area contributed by atoms with Crippen molar-refractivity contribution in [2.45, 2.75) is 25.7 Å². The molecule has 0 unspecified atom stereocenters. The fourth-order valence-corrected chi connectivity index (χ4v) is 2.82. The van der Waals surface area contributed by atoms with Crippen LogP contribution < -0.4 is 20.3 Å². The molecule has 0 heterocycles. The first-order valence-electron chi connectivity index (χ1n) is 8.09. The quantitative estimate of drug-likeness (QED) is 0.662. The smallest absolute Gasteiger partial charge is 0.307 e. The predicted octanol–water partition coefficient (Wildman–Crippen LogP) is 1.11. The number of rotatable bonds is 6. The minimum absolute atomic E-state index is 0.278. The summed E-state index contributed by atoms with van der Waals surface area (Å²) in [6, 6.07) is 6.71. The number of hydrogen-bond acceptors (Lipinski definition) is 5. The van der Waals surface area contributed by atoms with E-state index in [9.17, 15) is 19.5 Å². The fraction of sp³-hybridized carbons (Fsp3) is 0.471. The van der Waals surface area contributed by atoms with Crippen LogP contribution in [0.25, 0.3) is 0 Å². The predicted molar refractivity (Wildman–Crippen MR) is 87.9 cm³/mol. The molecule has 3 N–H and O–H groups in total. The Bertz CT molecular complexity index is 616. The summed E-state index contributed by atoms with van der Waals surface area (Å²) in [4.78, 5) is 35.1. The maximum Gasteiger partial charge on any atom is 0.307 e. The summed E-state index contributed by atoms with van der Waals surface area (Å²) in [5.41, 5.74) is 4.54. The highest BCUT2D eigenvalue weighted by Gasteiger charge is 2.35. The van der Waals surface area contributed by atoms with E-state index in [4.69, 9.17) is 9.47 Å². The Morgan fingerprint density at radius 3 is 2.24 bits per heavy atom. The maximum absolute atomic E-state index is 12.1. The average Bonchev–Trinajstić information content (AvgIpc) is 2.64. The zero-order valence-electron chi connectivity index (χ0n) is 14.0. The molecule has 0 aliphatic heterocycles. The van der Waals surface area contributed by atoms with Gasteiger partial charge in [0.15, 0.2) is 6.61 Å². The van der Waals surface area contributed by atoms with Crippen LogP contribution in [0.4, 0.5) is 0 Å². The van der Waals surface area contributed by atoms with Gasteiger partial charge in [-0.1, -0.05) is 12.8 Å². The number of aliphatic carboxylic acids is 1. The number of carboxylic acids is 1. The molecule has 2 amide bonds. The summed E-state index contributed by atoms with van der Waals surface area (Å²) >= 11 is 0. The Hall–Kier alpha value is -2.77. The first kappa shape index (κ1) is 18.6. The Labute approximate surface area is 145 Å². The number of ether oxygens (including phenoxy) is 2. The van der Waals surface area contributed by atoms with Crippen LogP contribution in [0, 0.1) is 11.8 Å². The summed E-state index contributed by atoms with van der Waals surface area (Å²) < 4.78 is 10.3. The fourth-order valence-electron chi connectivity index (χ4n) is 2.82. The van der Waals surface area contributed by atoms with Gasteiger partial charge in [0.25, 0.3) is 5.91 Å². The third-order valence-electron chi connectivity index (χ3n) is 4.17. The van der Waals surface area contributed by atoms with Crippen LogP contribution >= 0.6 is 0 Å². The van der Waals surface area contributed by atoms with Gasteiger partial charge in [0.05, 0.1) is 18.9 Å². The van der Waals surface area contributed by atoms with Gasteiger partial charge in [-0.2, -0.15) is 0 Å². The summed E-state index contributed by atoms with van der Waals surface area (Å²) in [6.07, 6.45) is 2.57. The van der Waals surface area contributed by atoms with Gasteiger partial charge in [-0.05, 0) is 37.1 Å². The van der Waals surface area contributed by atoms with E-state index in [0.29, 0.717) is 24.3 Å². The van der Waals surface area contributed by atoms with Crippen LogP contribution in [0.5, 0.6) is 11.5 Å². The molecule has 1 aliphatic carbocycles. The zero-order chi connectivity index (χ0) is 18.2. The summed E-state index contributed by atoms with van der Waals surface area (Å²) in [7, 11) is 1.55. The molecule has 8 heteroatoms. The van der Waals surface area contributed by atoms with Crippen LogP contribution in [0.1, 0.15) is 25.7 Å². The molecule has 1 fully saturated rings. The van der Waals surface area contributed by atoms with Crippen LogP contribution in [0.2, 0.25) is 0 Å². The lowest BCUT2D eigenvalue weighted by Gasteiger charge is -2.27. The molecular weight excluding hydrogens is 328 g/mol. The topological polar surface area (TPSA) is 114 Å². The van der Waals surface area contributed by atoms with E-state index in [-0.39, 0.29) is 6.61 Å². The van der Waals surface area contributed by atoms with Gasteiger partial charge >= 0.3 is 5.97 Å². The van der Waals surface area contributed by atoms with Crippen molar-refractivity contribution in [3.8, 4) is 11.5 Å². The normalized spacial score (nSPS) is 19.6. The van der Waals surface area contributed by atoms with Crippen LogP contribution in [0.15, 0.2) is 24.3 Å². The molecule has 0 spiro atoms. The molecule has 0 radical (unpaired) electrons. The molecule has 136 valence electrons. The monoisotopic (exact) mass is 350 g/mol. The van der Waals surface area contributed by atoms with Crippen LogP contribution in [-0.4, -0.2) is 36.6 Å². The van der Waals surface area contributed by atoms with E-state index in [1.54, 1.807) is 31.4 Å². The van der Waals surface area contributed by atoms with Gasteiger partial charge in [0.1, 0.15) is 11.5 Å². The number of methoxy groups -OCH3 is 1. The first-order chi connectivity index (χ1) is 12.0. The van der Waals surface area contributed by atoms with Crippen molar-refractivity contribution in [2.75, 3.05) is 13.7 Å². The minimum Gasteiger partial charge on any atom is -0.497 e. The molecule has 0 saturated heterocycles. The molecule has 2 atom stereocenters. The van der Waals surface area contributed by atoms with Gasteiger partial charge in [0, 0.05) is 0 Å². The van der Waals surface area contributed by atoms with E-state index >= 15 is 0 Å². The highest BCUT2D eigenvalue weighted by Crippen LogP contribution is 2.30. The Kier molecular flexibility index (Phi) is 6.62. The van der Waals surface area contributed by atoms with Gasteiger partial charge in [-0.25, -0.2) is 0 Å². The minimum atomic E-state index is -0.978. The van der Waals surface area contributed by atoms with Crippen molar-refractivity contribution >= 4 is 17.8 Å². The molecule has 0 bridgehead atoms. The SMILES string of the molecule is COc1ccc(OCC(=O)NNC(=O)[C@@H]2CCCC[C@H]2C(=O)O)cc1. The number of carbonyl (C=O) groups is 3. The number of nitrogens with one attached hydrogen (secondary N) is 2. The number of amides is 2. The second-order valence-electron chi connectivity index (χ2n) is 5.84. The van der Waals surface area contributed by atoms with Crippen molar-refractivity contribution in [2.24, 2.45) is 11.8 Å². The first-order valence-corrected chi connectivity index (χ1v) is 8.09. The van der Waals surface area contributed by atoms with Gasteiger partial charge in [0.2, 0.25) is 5.91 Å². The third kappa shape index (κ3) is 5.37. The molecule has 1 aliphatic rings. The summed E-state index contributed by atoms with van der Waals surface area (Å²) in [6.45, 7) is -0.278. The standard InChI is InChI=1S/C17H22N2O6/c1-24-11-6-8-12(9-7-11)25-10-15(20)18-19-16(21)13-4-2-3-5-14(13)17(22)23/h6-9,13-14H,2-5,10H2,1H3,(H,18,20)(H,19,21)(H,22,23)/t13-,14-/m1/s1. The Morgan fingerprint density at radius 2 is 1.64 bits per heavy atom. The van der Waals surface area contributed by atoms with E-state index in [0.717, 1.165) is 12.8 Å². The molecule has 1 aromatic carbocycles. The van der Waals surface area contributed by atoms with Crippen molar-refractivity contribution in [3.05, 3.63) is 24.3 Å². The van der Waals surface area contributed by atoms with E-state index < -0.39 is 29.6 Å². The zero-order valence-corrected chi connectivity index (χ0v) is 14.0. The van der Waals surface area contributed by atoms with Crippen molar-refractivity contribution in [3.63, 3.8) is 0 Å². The lowest BCUT2D eigenvalue weighted by Crippen LogP contribution is -2.49. The number of benzene rings is 1. The summed E-state index contributed by atoms with van der Waals surface area (Å²) in [5, 5.41) is 9.19. The highest BCUT2D eigenvalue weighted by molar-refractivity contribution is 5.87. The second kappa shape index (κ2) is 8.91. The van der Waals surface area contributed by atoms with Crippen molar-refractivity contribution < 1.29 is 29.0 Å². The third-order valence-corrected chi connectivity index (χ3v) is 4.17. The van der Waals surface area contributed by atoms with Crippen molar-refractivity contribution in [1.29, 1.82) is 0 Å². The molecule has 8 nitrogen and oxygen atoms in total. The molecule has 1 aromatic rings. The average molecular weight is 350 g/mol. The van der Waals surface area contributed by atoms with Crippen LogP contribution in [0.3, 0.4) is 0 Å². The summed E-state index contributed by atoms with van der Waals surface area (Å²) in [5.74, 6) is -2.17. The number of carboxylic acid groups (broad SMARTS) is 1. The van der Waals surface area contributed by atoms with E-state index in [1.165, 1.54) is 0 Å². The molecule has 25 heavy (non-hydrogen) atoms. The molecular formula is C17H22N2O6. The molecule has 2 rings (SSSR count). The Balaban J connectivity index is 1.76. The number of hydrogen-bond donors (Lipinski definition) is 3. The van der Waals surface area contributed by atoms with Gasteiger partial charge in [-0.15, -0.1) is 0 Å². The molecule has 0 aromatic heterocycles. The van der Waals surface area contributed by atoms with E-state index in [1.807, 2.05) is 0 Å². The van der Waals surface area contributed by atoms with E-state index in [2.05, 4.69) is 10.9 Å². The highest BCUT2D eigenvalue weighted by atomic mass is 16.5. The van der Waals surface area contributed by atoms with Crippen LogP contribution in [-0.2, 0) is 14.4 Å². The van der Waals surface area contributed by atoms with Gasteiger partial charge in [-0.3, -0.25) is 25.2 Å².